The van der Waals surface area contributed by atoms with Gasteiger partial charge in [0.2, 0.25) is 0 Å². The summed E-state index contributed by atoms with van der Waals surface area (Å²) in [7, 11) is 0. The molecule has 232 valence electrons. The quantitative estimate of drug-likeness (QED) is 0.190. The van der Waals surface area contributed by atoms with Gasteiger partial charge in [-0.25, -0.2) is 9.97 Å². The first-order chi connectivity index (χ1) is 24.8. The first-order valence-corrected chi connectivity index (χ1v) is 17.7. The van der Waals surface area contributed by atoms with Crippen LogP contribution in [-0.4, -0.2) is 14.5 Å². The van der Waals surface area contributed by atoms with Gasteiger partial charge >= 0.3 is 0 Å². The predicted octanol–water partition coefficient (Wildman–Crippen LogP) is 12.7. The summed E-state index contributed by atoms with van der Waals surface area (Å²) < 4.78 is 5.09. The monoisotopic (exact) mass is 653 g/mol. The van der Waals surface area contributed by atoms with Crippen molar-refractivity contribution in [2.75, 3.05) is 0 Å². The molecule has 3 aromatic heterocycles. The predicted molar refractivity (Wildman–Crippen MR) is 213 cm³/mol. The molecule has 0 N–H and O–H groups in total. The Balaban J connectivity index is 1.21. The van der Waals surface area contributed by atoms with Crippen LogP contribution in [-0.2, 0) is 0 Å². The van der Waals surface area contributed by atoms with Crippen LogP contribution in [0.5, 0.6) is 0 Å². The number of fused-ring (bicyclic) bond motifs is 12. The summed E-state index contributed by atoms with van der Waals surface area (Å²) in [5.74, 6) is 0.714. The SMILES string of the molecule is c1cc(-c2nc(-c3ccc4ccccc4c3)c3ccccc3n2)cc(-n2c3ccccc3c3c4ccccc4c4sc5ccccc5c4c32)c1. The largest absolute Gasteiger partial charge is 0.309 e. The van der Waals surface area contributed by atoms with Crippen molar-refractivity contribution in [3.63, 3.8) is 0 Å². The van der Waals surface area contributed by atoms with Crippen molar-refractivity contribution >= 4 is 85.8 Å². The first kappa shape index (κ1) is 27.6. The number of nitrogens with zero attached hydrogens (tertiary/aromatic N) is 3. The van der Waals surface area contributed by atoms with Crippen LogP contribution >= 0.6 is 11.3 Å². The third kappa shape index (κ3) is 3.97. The highest BCUT2D eigenvalue weighted by molar-refractivity contribution is 7.27. The normalized spacial score (nSPS) is 12.0. The van der Waals surface area contributed by atoms with Crippen molar-refractivity contribution in [3.8, 4) is 28.3 Å². The highest BCUT2D eigenvalue weighted by atomic mass is 32.1. The number of hydrogen-bond acceptors (Lipinski definition) is 3. The average molecular weight is 654 g/mol. The number of para-hydroxylation sites is 2. The van der Waals surface area contributed by atoms with Gasteiger partial charge in [-0.1, -0.05) is 127 Å². The van der Waals surface area contributed by atoms with Crippen molar-refractivity contribution in [2.24, 2.45) is 0 Å². The Morgan fingerprint density at radius 3 is 2.08 bits per heavy atom. The Morgan fingerprint density at radius 1 is 0.460 bits per heavy atom. The van der Waals surface area contributed by atoms with Gasteiger partial charge in [-0.15, -0.1) is 11.3 Å². The molecule has 4 heteroatoms. The van der Waals surface area contributed by atoms with E-state index in [1.54, 1.807) is 0 Å². The summed E-state index contributed by atoms with van der Waals surface area (Å²) in [6, 6.07) is 58.7. The van der Waals surface area contributed by atoms with Gasteiger partial charge in [0.05, 0.1) is 22.2 Å². The Kier molecular flexibility index (Phi) is 5.83. The number of aromatic nitrogens is 3. The minimum absolute atomic E-state index is 0.714. The number of benzene rings is 8. The molecular weight excluding hydrogens is 627 g/mol. The molecule has 0 amide bonds. The van der Waals surface area contributed by atoms with Crippen LogP contribution in [0.2, 0.25) is 0 Å². The summed E-state index contributed by atoms with van der Waals surface area (Å²) in [6.45, 7) is 0. The second-order valence-electron chi connectivity index (χ2n) is 12.9. The molecule has 50 heavy (non-hydrogen) atoms. The Morgan fingerprint density at radius 2 is 1.18 bits per heavy atom. The van der Waals surface area contributed by atoms with Crippen LogP contribution in [0.1, 0.15) is 0 Å². The molecule has 0 saturated heterocycles. The lowest BCUT2D eigenvalue weighted by molar-refractivity contribution is 1.18. The van der Waals surface area contributed by atoms with E-state index in [9.17, 15) is 0 Å². The molecule has 0 unspecified atom stereocenters. The lowest BCUT2D eigenvalue weighted by Gasteiger charge is -2.13. The number of rotatable bonds is 3. The van der Waals surface area contributed by atoms with Gasteiger partial charge in [0.15, 0.2) is 5.82 Å². The third-order valence-corrected chi connectivity index (χ3v) is 11.3. The van der Waals surface area contributed by atoms with Gasteiger partial charge in [-0.05, 0) is 52.6 Å². The number of hydrogen-bond donors (Lipinski definition) is 0. The second kappa shape index (κ2) is 10.6. The smallest absolute Gasteiger partial charge is 0.160 e. The molecule has 0 spiro atoms. The van der Waals surface area contributed by atoms with E-state index in [1.807, 2.05) is 11.3 Å². The van der Waals surface area contributed by atoms with E-state index < -0.39 is 0 Å². The van der Waals surface area contributed by atoms with E-state index >= 15 is 0 Å². The molecule has 0 atom stereocenters. The van der Waals surface area contributed by atoms with Gasteiger partial charge < -0.3 is 4.57 Å². The zero-order valence-corrected chi connectivity index (χ0v) is 27.7. The lowest BCUT2D eigenvalue weighted by atomic mass is 10.00. The molecular formula is C46H27N3S. The van der Waals surface area contributed by atoms with Gasteiger partial charge in [0.1, 0.15) is 0 Å². The van der Waals surface area contributed by atoms with E-state index in [4.69, 9.17) is 9.97 Å². The summed E-state index contributed by atoms with van der Waals surface area (Å²) in [4.78, 5) is 10.4. The minimum Gasteiger partial charge on any atom is -0.309 e. The van der Waals surface area contributed by atoms with Crippen LogP contribution in [0.3, 0.4) is 0 Å². The molecule has 3 nitrogen and oxygen atoms in total. The summed E-state index contributed by atoms with van der Waals surface area (Å²) in [5.41, 5.74) is 7.45. The van der Waals surface area contributed by atoms with E-state index in [0.29, 0.717) is 5.82 Å². The van der Waals surface area contributed by atoms with Crippen LogP contribution in [0.25, 0.3) is 103 Å². The average Bonchev–Trinajstić information content (AvgIpc) is 3.74. The highest BCUT2D eigenvalue weighted by Gasteiger charge is 2.22. The highest BCUT2D eigenvalue weighted by Crippen LogP contribution is 2.48. The molecule has 0 saturated carbocycles. The second-order valence-corrected chi connectivity index (χ2v) is 14.0. The van der Waals surface area contributed by atoms with E-state index in [-0.39, 0.29) is 0 Å². The Hall–Kier alpha value is -6.36. The molecule has 11 rings (SSSR count). The van der Waals surface area contributed by atoms with Crippen LogP contribution in [0.15, 0.2) is 164 Å². The van der Waals surface area contributed by atoms with Crippen molar-refractivity contribution < 1.29 is 0 Å². The van der Waals surface area contributed by atoms with Crippen LogP contribution in [0.4, 0.5) is 0 Å². The zero-order valence-electron chi connectivity index (χ0n) is 26.8. The summed E-state index contributed by atoms with van der Waals surface area (Å²) in [5, 5.41) is 11.2. The molecule has 11 aromatic rings. The fraction of sp³-hybridized carbons (Fsp3) is 0. The molecule has 0 bridgehead atoms. The molecule has 0 aliphatic rings. The maximum atomic E-state index is 5.30. The molecule has 0 aliphatic carbocycles. The topological polar surface area (TPSA) is 30.7 Å². The van der Waals surface area contributed by atoms with Crippen molar-refractivity contribution in [2.45, 2.75) is 0 Å². The zero-order chi connectivity index (χ0) is 32.8. The van der Waals surface area contributed by atoms with Gasteiger partial charge in [-0.3, -0.25) is 0 Å². The van der Waals surface area contributed by atoms with Crippen molar-refractivity contribution in [1.82, 2.24) is 14.5 Å². The fourth-order valence-electron chi connectivity index (χ4n) is 7.93. The van der Waals surface area contributed by atoms with E-state index in [1.165, 1.54) is 63.5 Å². The molecule has 0 radical (unpaired) electrons. The van der Waals surface area contributed by atoms with Gasteiger partial charge in [-0.2, -0.15) is 0 Å². The van der Waals surface area contributed by atoms with Gasteiger partial charge in [0, 0.05) is 58.5 Å². The summed E-state index contributed by atoms with van der Waals surface area (Å²) in [6.07, 6.45) is 0. The van der Waals surface area contributed by atoms with E-state index in [2.05, 4.69) is 168 Å². The lowest BCUT2D eigenvalue weighted by Crippen LogP contribution is -1.98. The molecule has 8 aromatic carbocycles. The van der Waals surface area contributed by atoms with Crippen molar-refractivity contribution in [3.05, 3.63) is 164 Å². The first-order valence-electron chi connectivity index (χ1n) is 16.9. The van der Waals surface area contributed by atoms with Gasteiger partial charge in [0.25, 0.3) is 0 Å². The van der Waals surface area contributed by atoms with E-state index in [0.717, 1.165) is 33.4 Å². The molecule has 3 heterocycles. The third-order valence-electron chi connectivity index (χ3n) is 10.1. The Labute approximate surface area is 291 Å². The van der Waals surface area contributed by atoms with Crippen LogP contribution < -0.4 is 0 Å². The Bertz CT molecular complexity index is 3170. The fourth-order valence-corrected chi connectivity index (χ4v) is 9.18. The van der Waals surface area contributed by atoms with Crippen molar-refractivity contribution in [1.29, 1.82) is 0 Å². The standard InChI is InChI=1S/C46H27N3S/c1-2-13-29-26-30(25-24-28(29)12-1)43-35-18-5-8-21-38(35)47-46(48-43)31-14-11-15-32(27-31)49-39-22-9-6-19-36(39)41-33-16-3-4-17-34(33)45-42(44(41)49)37-20-7-10-23-40(37)50-45/h1-27H. The molecule has 0 fully saturated rings. The number of thiophene rings is 1. The van der Waals surface area contributed by atoms with Crippen LogP contribution in [0, 0.1) is 0 Å². The maximum absolute atomic E-state index is 5.30. The molecule has 0 aliphatic heterocycles. The maximum Gasteiger partial charge on any atom is 0.160 e. The minimum atomic E-state index is 0.714. The summed E-state index contributed by atoms with van der Waals surface area (Å²) >= 11 is 1.89.